The molecule has 212 valence electrons. The zero-order chi connectivity index (χ0) is 29.1. The summed E-state index contributed by atoms with van der Waals surface area (Å²) in [6.07, 6.45) is 1.15. The Balaban J connectivity index is 1.30. The van der Waals surface area contributed by atoms with E-state index >= 15 is 0 Å². The van der Waals surface area contributed by atoms with Crippen LogP contribution in [0.3, 0.4) is 0 Å². The second-order valence-electron chi connectivity index (χ2n) is 9.58. The Morgan fingerprint density at radius 3 is 2.44 bits per heavy atom. The summed E-state index contributed by atoms with van der Waals surface area (Å²) in [7, 11) is 3.80. The SMILES string of the molecule is CN(C)c1ccc(C2SC(CC(=O)ON3C(=O)CCC3=O)C(=O)N2NC(=O)COc2cccc3cccnc23)cc1. The van der Waals surface area contributed by atoms with Gasteiger partial charge in [-0.25, -0.2) is 9.80 Å². The summed E-state index contributed by atoms with van der Waals surface area (Å²) in [5.74, 6) is -2.82. The predicted molar refractivity (Wildman–Crippen MR) is 149 cm³/mol. The summed E-state index contributed by atoms with van der Waals surface area (Å²) in [5, 5.41) is 0.881. The number of nitrogens with one attached hydrogen (secondary N) is 1. The van der Waals surface area contributed by atoms with Gasteiger partial charge in [0.1, 0.15) is 16.6 Å². The molecule has 2 aliphatic heterocycles. The number of para-hydroxylation sites is 1. The number of hydrazine groups is 1. The number of ether oxygens (including phenoxy) is 1. The fourth-order valence-corrected chi connectivity index (χ4v) is 5.78. The highest BCUT2D eigenvalue weighted by atomic mass is 32.2. The highest BCUT2D eigenvalue weighted by Gasteiger charge is 2.44. The summed E-state index contributed by atoms with van der Waals surface area (Å²) in [6.45, 7) is -0.387. The van der Waals surface area contributed by atoms with Crippen LogP contribution in [-0.2, 0) is 28.8 Å². The average Bonchev–Trinajstić information content (AvgIpc) is 3.44. The van der Waals surface area contributed by atoms with E-state index in [-0.39, 0.29) is 19.4 Å². The number of amides is 4. The first-order valence-electron chi connectivity index (χ1n) is 12.8. The highest BCUT2D eigenvalue weighted by molar-refractivity contribution is 8.01. The molecule has 2 aromatic carbocycles. The number of benzene rings is 2. The van der Waals surface area contributed by atoms with Gasteiger partial charge in [-0.15, -0.1) is 16.8 Å². The van der Waals surface area contributed by atoms with Gasteiger partial charge in [0.05, 0.1) is 11.7 Å². The van der Waals surface area contributed by atoms with E-state index < -0.39 is 46.6 Å². The number of hydroxylamine groups is 2. The number of rotatable bonds is 9. The van der Waals surface area contributed by atoms with Crippen molar-refractivity contribution in [2.45, 2.75) is 29.9 Å². The van der Waals surface area contributed by atoms with Crippen LogP contribution in [0.25, 0.3) is 10.9 Å². The molecule has 12 nitrogen and oxygen atoms in total. The number of carbonyl (C=O) groups excluding carboxylic acids is 5. The molecule has 0 radical (unpaired) electrons. The quantitative estimate of drug-likeness (QED) is 0.377. The molecule has 0 bridgehead atoms. The number of nitrogens with zero attached hydrogens (tertiary/aromatic N) is 4. The number of thioether (sulfide) groups is 1. The monoisotopic (exact) mass is 577 g/mol. The lowest BCUT2D eigenvalue weighted by Crippen LogP contribution is -2.47. The first-order chi connectivity index (χ1) is 19.7. The maximum Gasteiger partial charge on any atom is 0.334 e. The van der Waals surface area contributed by atoms with E-state index in [2.05, 4.69) is 10.4 Å². The molecule has 0 saturated carbocycles. The van der Waals surface area contributed by atoms with E-state index in [1.54, 1.807) is 24.4 Å². The van der Waals surface area contributed by atoms with E-state index in [0.717, 1.165) is 22.8 Å². The van der Waals surface area contributed by atoms with Crippen molar-refractivity contribution in [1.29, 1.82) is 0 Å². The molecule has 1 N–H and O–H groups in total. The summed E-state index contributed by atoms with van der Waals surface area (Å²) in [5.41, 5.74) is 4.88. The maximum atomic E-state index is 13.4. The molecular formula is C28H27N5O7S. The molecule has 5 rings (SSSR count). The van der Waals surface area contributed by atoms with Crippen LogP contribution in [0.15, 0.2) is 60.8 Å². The average molecular weight is 578 g/mol. The smallest absolute Gasteiger partial charge is 0.334 e. The largest absolute Gasteiger partial charge is 0.481 e. The molecule has 4 amide bonds. The van der Waals surface area contributed by atoms with Crippen molar-refractivity contribution >= 4 is 58.0 Å². The van der Waals surface area contributed by atoms with Gasteiger partial charge in [-0.2, -0.15) is 0 Å². The zero-order valence-corrected chi connectivity index (χ0v) is 23.1. The first-order valence-corrected chi connectivity index (χ1v) is 13.7. The second kappa shape index (κ2) is 11.8. The van der Waals surface area contributed by atoms with Crippen molar-refractivity contribution in [3.8, 4) is 5.75 Å². The number of hydrogen-bond donors (Lipinski definition) is 1. The van der Waals surface area contributed by atoms with Gasteiger partial charge in [-0.1, -0.05) is 30.3 Å². The maximum absolute atomic E-state index is 13.4. The van der Waals surface area contributed by atoms with Crippen LogP contribution in [0, 0.1) is 0 Å². The molecular weight excluding hydrogens is 550 g/mol. The Kier molecular flexibility index (Phi) is 8.06. The summed E-state index contributed by atoms with van der Waals surface area (Å²) in [4.78, 5) is 73.8. The van der Waals surface area contributed by atoms with Crippen molar-refractivity contribution in [2.24, 2.45) is 0 Å². The molecule has 2 saturated heterocycles. The van der Waals surface area contributed by atoms with Crippen LogP contribution >= 0.6 is 11.8 Å². The van der Waals surface area contributed by atoms with E-state index in [1.807, 2.05) is 55.4 Å². The molecule has 2 aliphatic rings. The Morgan fingerprint density at radius 1 is 1.02 bits per heavy atom. The van der Waals surface area contributed by atoms with Gasteiger partial charge >= 0.3 is 5.97 Å². The molecule has 2 fully saturated rings. The number of fused-ring (bicyclic) bond motifs is 1. The van der Waals surface area contributed by atoms with Gasteiger partial charge in [-0.3, -0.25) is 29.6 Å². The van der Waals surface area contributed by atoms with Crippen LogP contribution in [0.4, 0.5) is 5.69 Å². The van der Waals surface area contributed by atoms with Crippen molar-refractivity contribution in [3.05, 3.63) is 66.4 Å². The van der Waals surface area contributed by atoms with Gasteiger partial charge in [0.2, 0.25) is 0 Å². The van der Waals surface area contributed by atoms with Crippen LogP contribution in [0.5, 0.6) is 5.75 Å². The van der Waals surface area contributed by atoms with Crippen molar-refractivity contribution in [1.82, 2.24) is 20.5 Å². The lowest BCUT2D eigenvalue weighted by atomic mass is 10.2. The standard InChI is InChI=1S/C28H27N5O7S/c1-31(2)19-10-8-18(9-11-19)28-32(27(38)21(41-28)15-25(37)40-33-23(35)12-13-24(33)36)30-22(34)16-39-20-7-3-5-17-6-4-14-29-26(17)20/h3-11,14,21,28H,12-13,15-16H2,1-2H3,(H,30,34). The number of imide groups is 1. The van der Waals surface area contributed by atoms with Crippen LogP contribution in [0.2, 0.25) is 0 Å². The van der Waals surface area contributed by atoms with E-state index in [1.165, 1.54) is 5.01 Å². The molecule has 1 aromatic heterocycles. The molecule has 41 heavy (non-hydrogen) atoms. The third-order valence-electron chi connectivity index (χ3n) is 6.49. The molecule has 3 aromatic rings. The second-order valence-corrected chi connectivity index (χ2v) is 10.9. The molecule has 13 heteroatoms. The lowest BCUT2D eigenvalue weighted by molar-refractivity contribution is -0.197. The number of carbonyl (C=O) groups is 5. The molecule has 3 heterocycles. The molecule has 2 atom stereocenters. The van der Waals surface area contributed by atoms with Crippen molar-refractivity contribution < 1.29 is 33.5 Å². The van der Waals surface area contributed by atoms with Crippen LogP contribution in [0.1, 0.15) is 30.2 Å². The van der Waals surface area contributed by atoms with E-state index in [4.69, 9.17) is 9.57 Å². The van der Waals surface area contributed by atoms with Gasteiger partial charge < -0.3 is 14.5 Å². The highest BCUT2D eigenvalue weighted by Crippen LogP contribution is 2.43. The first kappa shape index (κ1) is 27.9. The summed E-state index contributed by atoms with van der Waals surface area (Å²) >= 11 is 1.15. The number of pyridine rings is 1. The minimum absolute atomic E-state index is 0.0367. The normalized spacial score (nSPS) is 18.6. The van der Waals surface area contributed by atoms with Crippen molar-refractivity contribution in [2.75, 3.05) is 25.6 Å². The molecule has 2 unspecified atom stereocenters. The Hall–Kier alpha value is -4.65. The van der Waals surface area contributed by atoms with E-state index in [9.17, 15) is 24.0 Å². The Bertz CT molecular complexity index is 1490. The van der Waals surface area contributed by atoms with Gasteiger partial charge in [-0.05, 0) is 29.8 Å². The van der Waals surface area contributed by atoms with Gasteiger partial charge in [0.15, 0.2) is 6.61 Å². The van der Waals surface area contributed by atoms with Crippen LogP contribution < -0.4 is 15.1 Å². The molecule has 0 spiro atoms. The topological polar surface area (TPSA) is 138 Å². The Labute approximate surface area is 239 Å². The fourth-order valence-electron chi connectivity index (χ4n) is 4.41. The third kappa shape index (κ3) is 6.09. The molecule has 0 aliphatic carbocycles. The van der Waals surface area contributed by atoms with E-state index in [0.29, 0.717) is 21.9 Å². The minimum Gasteiger partial charge on any atom is -0.481 e. The van der Waals surface area contributed by atoms with Crippen molar-refractivity contribution in [3.63, 3.8) is 0 Å². The lowest BCUT2D eigenvalue weighted by Gasteiger charge is -2.25. The number of anilines is 1. The van der Waals surface area contributed by atoms with Gasteiger partial charge in [0, 0.05) is 44.2 Å². The Morgan fingerprint density at radius 2 is 1.73 bits per heavy atom. The van der Waals surface area contributed by atoms with Gasteiger partial charge in [0.25, 0.3) is 23.6 Å². The summed E-state index contributed by atoms with van der Waals surface area (Å²) in [6, 6.07) is 16.5. The third-order valence-corrected chi connectivity index (χ3v) is 7.92. The fraction of sp³-hybridized carbons (Fsp3) is 0.286. The predicted octanol–water partition coefficient (Wildman–Crippen LogP) is 2.35. The summed E-state index contributed by atoms with van der Waals surface area (Å²) < 4.78 is 5.73. The van der Waals surface area contributed by atoms with Crippen LogP contribution in [-0.4, -0.2) is 70.6 Å². The minimum atomic E-state index is -0.933. The number of aromatic nitrogens is 1. The number of hydrogen-bond acceptors (Lipinski definition) is 10. The zero-order valence-electron chi connectivity index (χ0n) is 22.3.